The van der Waals surface area contributed by atoms with Gasteiger partial charge in [0.1, 0.15) is 11.5 Å². The van der Waals surface area contributed by atoms with Crippen LogP contribution < -0.4 is 20.1 Å². The zero-order valence-corrected chi connectivity index (χ0v) is 21.7. The maximum atomic E-state index is 12.0. The summed E-state index contributed by atoms with van der Waals surface area (Å²) < 4.78 is 9.98. The van der Waals surface area contributed by atoms with Gasteiger partial charge in [0.25, 0.3) is 0 Å². The normalized spacial score (nSPS) is 15.7. The number of likely N-dealkylation sites (N-methyl/N-ethyl adjacent to an activating group) is 2. The second-order valence-corrected chi connectivity index (χ2v) is 8.40. The van der Waals surface area contributed by atoms with Crippen LogP contribution in [0.1, 0.15) is 0 Å². The first-order chi connectivity index (χ1) is 17.4. The lowest BCUT2D eigenvalue weighted by Gasteiger charge is -2.32. The first-order valence-corrected chi connectivity index (χ1v) is 11.9. The molecule has 0 aliphatic carbocycles. The summed E-state index contributed by atoms with van der Waals surface area (Å²) in [4.78, 5) is 31.6. The first kappa shape index (κ1) is 28.8. The summed E-state index contributed by atoms with van der Waals surface area (Å²) in [6.07, 6.45) is 1.46. The third-order valence-electron chi connectivity index (χ3n) is 5.72. The van der Waals surface area contributed by atoms with Gasteiger partial charge in [-0.05, 0) is 62.6 Å². The lowest BCUT2D eigenvalue weighted by atomic mass is 10.3. The molecule has 2 aromatic rings. The minimum atomic E-state index is -0.0340. The van der Waals surface area contributed by atoms with Gasteiger partial charge in [0.05, 0.1) is 19.9 Å². The van der Waals surface area contributed by atoms with Crippen molar-refractivity contribution < 1.29 is 19.1 Å². The summed E-state index contributed by atoms with van der Waals surface area (Å²) in [5.41, 5.74) is 1.38. The van der Waals surface area contributed by atoms with E-state index in [0.717, 1.165) is 56.5 Å². The fourth-order valence-corrected chi connectivity index (χ4v) is 3.37. The highest BCUT2D eigenvalue weighted by Crippen LogP contribution is 2.17. The average Bonchev–Trinajstić information content (AvgIpc) is 2.91. The number of rotatable bonds is 4. The Morgan fingerprint density at radius 1 is 0.833 bits per heavy atom. The molecule has 2 heterocycles. The number of nitrogens with zero attached hydrogens (tertiary/aromatic N) is 4. The van der Waals surface area contributed by atoms with Gasteiger partial charge in [-0.25, -0.2) is 9.59 Å². The van der Waals surface area contributed by atoms with Gasteiger partial charge in [0.15, 0.2) is 0 Å². The van der Waals surface area contributed by atoms with Crippen molar-refractivity contribution in [3.8, 4) is 11.5 Å². The fourth-order valence-electron chi connectivity index (χ4n) is 3.37. The van der Waals surface area contributed by atoms with Crippen molar-refractivity contribution in [1.82, 2.24) is 20.0 Å². The van der Waals surface area contributed by atoms with E-state index in [1.807, 2.05) is 29.2 Å². The van der Waals surface area contributed by atoms with Crippen molar-refractivity contribution in [2.24, 2.45) is 4.99 Å². The largest absolute Gasteiger partial charge is 0.497 e. The van der Waals surface area contributed by atoms with Crippen LogP contribution >= 0.6 is 0 Å². The molecule has 2 aromatic carbocycles. The highest BCUT2D eigenvalue weighted by molar-refractivity contribution is 5.89. The quantitative estimate of drug-likeness (QED) is 0.494. The van der Waals surface area contributed by atoms with Crippen LogP contribution in [0.2, 0.25) is 0 Å². The number of ether oxygens (including phenoxy) is 2. The number of hydrogen-bond donors (Lipinski definition) is 2. The lowest BCUT2D eigenvalue weighted by Crippen LogP contribution is -2.48. The molecule has 0 aromatic heterocycles. The van der Waals surface area contributed by atoms with E-state index in [1.54, 1.807) is 38.5 Å². The first-order valence-electron chi connectivity index (χ1n) is 11.9. The van der Waals surface area contributed by atoms with Gasteiger partial charge in [-0.15, -0.1) is 0 Å². The number of urea groups is 1. The number of methoxy groups -OCH3 is 2. The monoisotopic (exact) mass is 498 g/mol. The standard InChI is InChI=1S/C13H19N3O2.C8H7NO2.C5H12N2/c1-15-7-9-16(10-8-15)13(17)14-11-3-5-12(18-2)6-4-11;1-11-8-4-2-7(3-5-8)9-6-10;1-7-4-2-6-3-5-7/h3-6H,7-10H2,1-2H3,(H,14,17);2-5H,1H3;6H,2-5H2,1H3. The number of anilines is 1. The predicted molar refractivity (Wildman–Crippen MR) is 142 cm³/mol. The molecule has 36 heavy (non-hydrogen) atoms. The van der Waals surface area contributed by atoms with Crippen molar-refractivity contribution in [3.63, 3.8) is 0 Å². The Hall–Kier alpha value is -3.43. The van der Waals surface area contributed by atoms with E-state index in [2.05, 4.69) is 39.5 Å². The van der Waals surface area contributed by atoms with E-state index < -0.39 is 0 Å². The minimum absolute atomic E-state index is 0.0340. The highest BCUT2D eigenvalue weighted by atomic mass is 16.5. The molecule has 0 spiro atoms. The maximum absolute atomic E-state index is 12.0. The molecule has 2 saturated heterocycles. The second kappa shape index (κ2) is 16.3. The van der Waals surface area contributed by atoms with Crippen molar-refractivity contribution in [2.75, 3.05) is 86.0 Å². The van der Waals surface area contributed by atoms with Gasteiger partial charge in [0.2, 0.25) is 6.08 Å². The molecule has 4 rings (SSSR count). The molecule has 2 aliphatic heterocycles. The number of carbonyl (C=O) groups excluding carboxylic acids is 2. The zero-order chi connectivity index (χ0) is 26.2. The highest BCUT2D eigenvalue weighted by Gasteiger charge is 2.18. The van der Waals surface area contributed by atoms with E-state index in [-0.39, 0.29) is 6.03 Å². The van der Waals surface area contributed by atoms with Crippen LogP contribution in [0.15, 0.2) is 53.5 Å². The molecule has 2 aliphatic rings. The molecule has 0 radical (unpaired) electrons. The summed E-state index contributed by atoms with van der Waals surface area (Å²) in [5, 5.41) is 6.16. The molecule has 0 bridgehead atoms. The third kappa shape index (κ3) is 10.9. The molecule has 0 atom stereocenters. The Morgan fingerprint density at radius 3 is 1.78 bits per heavy atom. The zero-order valence-electron chi connectivity index (χ0n) is 21.7. The molecule has 10 heteroatoms. The Kier molecular flexibility index (Phi) is 13.0. The van der Waals surface area contributed by atoms with Crippen molar-refractivity contribution in [3.05, 3.63) is 48.5 Å². The van der Waals surface area contributed by atoms with E-state index >= 15 is 0 Å². The number of benzene rings is 2. The van der Waals surface area contributed by atoms with E-state index in [9.17, 15) is 9.59 Å². The van der Waals surface area contributed by atoms with Crippen molar-refractivity contribution in [1.29, 1.82) is 0 Å². The number of aliphatic imine (C=N–C) groups is 1. The van der Waals surface area contributed by atoms with E-state index in [1.165, 1.54) is 19.2 Å². The third-order valence-corrected chi connectivity index (χ3v) is 5.72. The van der Waals surface area contributed by atoms with E-state index in [4.69, 9.17) is 9.47 Å². The molecule has 2 N–H and O–H groups in total. The van der Waals surface area contributed by atoms with Crippen LogP contribution in [0.4, 0.5) is 16.2 Å². The smallest absolute Gasteiger partial charge is 0.321 e. The summed E-state index contributed by atoms with van der Waals surface area (Å²) in [6, 6.07) is 14.1. The van der Waals surface area contributed by atoms with Gasteiger partial charge in [-0.3, -0.25) is 0 Å². The van der Waals surface area contributed by atoms with Gasteiger partial charge in [-0.2, -0.15) is 4.99 Å². The summed E-state index contributed by atoms with van der Waals surface area (Å²) >= 11 is 0. The Labute approximate surface area is 213 Å². The van der Waals surface area contributed by atoms with Gasteiger partial charge in [-0.1, -0.05) is 0 Å². The van der Waals surface area contributed by atoms with Crippen LogP contribution in [-0.2, 0) is 4.79 Å². The Bertz CT molecular complexity index is 934. The van der Waals surface area contributed by atoms with Crippen LogP contribution in [0, 0.1) is 0 Å². The molecule has 2 amide bonds. The average molecular weight is 499 g/mol. The lowest BCUT2D eigenvalue weighted by molar-refractivity contribution is 0.164. The fraction of sp³-hybridized carbons (Fsp3) is 0.462. The number of amides is 2. The number of piperazine rings is 2. The SMILES string of the molecule is CN1CCNCC1.COc1ccc(N=C=O)cc1.COc1ccc(NC(=O)N2CCN(C)CC2)cc1. The number of carbonyl (C=O) groups is 1. The summed E-state index contributed by atoms with van der Waals surface area (Å²) in [6.45, 7) is 8.15. The Morgan fingerprint density at radius 2 is 1.33 bits per heavy atom. The number of hydrogen-bond acceptors (Lipinski definition) is 8. The van der Waals surface area contributed by atoms with Crippen LogP contribution in [0.25, 0.3) is 0 Å². The van der Waals surface area contributed by atoms with Crippen molar-refractivity contribution in [2.45, 2.75) is 0 Å². The van der Waals surface area contributed by atoms with E-state index in [0.29, 0.717) is 5.69 Å². The molecule has 0 saturated carbocycles. The Balaban J connectivity index is 0.000000214. The summed E-state index contributed by atoms with van der Waals surface area (Å²) in [7, 11) is 7.43. The van der Waals surface area contributed by atoms with Crippen LogP contribution in [0.3, 0.4) is 0 Å². The molecular formula is C26H38N6O4. The molecule has 0 unspecified atom stereocenters. The van der Waals surface area contributed by atoms with Gasteiger partial charge in [0, 0.05) is 58.0 Å². The predicted octanol–water partition coefficient (Wildman–Crippen LogP) is 2.66. The second-order valence-electron chi connectivity index (χ2n) is 8.40. The number of isocyanates is 1. The van der Waals surface area contributed by atoms with Crippen molar-refractivity contribution >= 4 is 23.5 Å². The van der Waals surface area contributed by atoms with Gasteiger partial charge >= 0.3 is 6.03 Å². The topological polar surface area (TPSA) is 98.7 Å². The maximum Gasteiger partial charge on any atom is 0.321 e. The molecule has 10 nitrogen and oxygen atoms in total. The summed E-state index contributed by atoms with van der Waals surface area (Å²) in [5.74, 6) is 1.53. The van der Waals surface area contributed by atoms with Crippen LogP contribution in [0.5, 0.6) is 11.5 Å². The van der Waals surface area contributed by atoms with Crippen LogP contribution in [-0.4, -0.2) is 107 Å². The molecule has 196 valence electrons. The molecule has 2 fully saturated rings. The minimum Gasteiger partial charge on any atom is -0.497 e. The molecular weight excluding hydrogens is 460 g/mol. The number of nitrogens with one attached hydrogen (secondary N) is 2. The van der Waals surface area contributed by atoms with Gasteiger partial charge < -0.3 is 34.8 Å².